The van der Waals surface area contributed by atoms with Crippen LogP contribution >= 0.6 is 11.6 Å². The molecule has 1 heterocycles. The Kier molecular flexibility index (Phi) is 5.05. The lowest BCUT2D eigenvalue weighted by atomic mass is 10.2. The number of aryl methyl sites for hydroxylation is 1. The molecule has 1 N–H and O–H groups in total. The summed E-state index contributed by atoms with van der Waals surface area (Å²) in [5.74, 6) is 0.992. The molecule has 0 aliphatic rings. The number of hydrogen-bond acceptors (Lipinski definition) is 3. The molecule has 0 saturated heterocycles. The molecule has 0 amide bonds. The van der Waals surface area contributed by atoms with E-state index in [0.29, 0.717) is 5.02 Å². The average Bonchev–Trinajstić information content (AvgIpc) is 2.78. The fourth-order valence-electron chi connectivity index (χ4n) is 1.89. The van der Waals surface area contributed by atoms with Crippen molar-refractivity contribution >= 4 is 22.6 Å². The van der Waals surface area contributed by atoms with Gasteiger partial charge in [0.25, 0.3) is 0 Å². The van der Waals surface area contributed by atoms with Gasteiger partial charge in [-0.15, -0.1) is 0 Å². The van der Waals surface area contributed by atoms with Gasteiger partial charge in [0.05, 0.1) is 11.6 Å². The molecule has 98 valence electrons. The molecule has 0 radical (unpaired) electrons. The van der Waals surface area contributed by atoms with Crippen molar-refractivity contribution in [1.82, 2.24) is 5.32 Å². The Hall–Kier alpha value is -1.03. The zero-order chi connectivity index (χ0) is 12.8. The van der Waals surface area contributed by atoms with Gasteiger partial charge in [0.15, 0.2) is 5.58 Å². The van der Waals surface area contributed by atoms with Crippen LogP contribution in [0.1, 0.15) is 12.2 Å². The molecule has 0 fully saturated rings. The number of para-hydroxylation sites is 1. The monoisotopic (exact) mass is 267 g/mol. The highest BCUT2D eigenvalue weighted by Crippen LogP contribution is 2.26. The SMILES string of the molecule is COCCNCCCc1cc2cccc(Cl)c2o1. The van der Waals surface area contributed by atoms with Crippen molar-refractivity contribution in [2.45, 2.75) is 12.8 Å². The van der Waals surface area contributed by atoms with Crippen molar-refractivity contribution in [2.75, 3.05) is 26.8 Å². The summed E-state index contributed by atoms with van der Waals surface area (Å²) in [6.07, 6.45) is 1.96. The fourth-order valence-corrected chi connectivity index (χ4v) is 2.11. The van der Waals surface area contributed by atoms with Gasteiger partial charge in [-0.25, -0.2) is 0 Å². The molecule has 0 aliphatic heterocycles. The second-order valence-corrected chi connectivity index (χ2v) is 4.62. The summed E-state index contributed by atoms with van der Waals surface area (Å²) in [6, 6.07) is 7.88. The summed E-state index contributed by atoms with van der Waals surface area (Å²) in [4.78, 5) is 0. The molecule has 0 bridgehead atoms. The van der Waals surface area contributed by atoms with Crippen LogP contribution in [0.2, 0.25) is 5.02 Å². The Morgan fingerprint density at radius 2 is 2.22 bits per heavy atom. The molecule has 1 aromatic heterocycles. The molecular formula is C14H18ClNO2. The van der Waals surface area contributed by atoms with Crippen molar-refractivity contribution in [2.24, 2.45) is 0 Å². The van der Waals surface area contributed by atoms with Crippen LogP contribution in [0.4, 0.5) is 0 Å². The number of halogens is 1. The number of nitrogens with one attached hydrogen (secondary N) is 1. The second kappa shape index (κ2) is 6.78. The summed E-state index contributed by atoms with van der Waals surface area (Å²) in [5, 5.41) is 5.06. The van der Waals surface area contributed by atoms with Gasteiger partial charge in [-0.05, 0) is 25.1 Å². The average molecular weight is 268 g/mol. The summed E-state index contributed by atoms with van der Waals surface area (Å²) in [6.45, 7) is 2.61. The molecule has 0 spiro atoms. The van der Waals surface area contributed by atoms with Crippen LogP contribution in [0, 0.1) is 0 Å². The first-order chi connectivity index (χ1) is 8.81. The van der Waals surface area contributed by atoms with E-state index in [1.54, 1.807) is 7.11 Å². The molecule has 0 unspecified atom stereocenters. The Morgan fingerprint density at radius 1 is 1.33 bits per heavy atom. The van der Waals surface area contributed by atoms with Crippen LogP contribution in [0.5, 0.6) is 0 Å². The zero-order valence-electron chi connectivity index (χ0n) is 10.5. The number of furan rings is 1. The number of ether oxygens (including phenoxy) is 1. The minimum atomic E-state index is 0.678. The van der Waals surface area contributed by atoms with Gasteiger partial charge in [-0.1, -0.05) is 23.7 Å². The molecule has 0 saturated carbocycles. The van der Waals surface area contributed by atoms with Crippen LogP contribution in [-0.2, 0) is 11.2 Å². The van der Waals surface area contributed by atoms with Crippen molar-refractivity contribution in [3.8, 4) is 0 Å². The highest BCUT2D eigenvalue weighted by atomic mass is 35.5. The lowest BCUT2D eigenvalue weighted by molar-refractivity contribution is 0.199. The van der Waals surface area contributed by atoms with Crippen LogP contribution in [0.25, 0.3) is 11.0 Å². The third kappa shape index (κ3) is 3.48. The first-order valence-corrected chi connectivity index (χ1v) is 6.55. The van der Waals surface area contributed by atoms with Crippen LogP contribution < -0.4 is 5.32 Å². The van der Waals surface area contributed by atoms with Crippen molar-refractivity contribution < 1.29 is 9.15 Å². The number of methoxy groups -OCH3 is 1. The molecule has 4 heteroatoms. The highest BCUT2D eigenvalue weighted by Gasteiger charge is 2.06. The van der Waals surface area contributed by atoms with Gasteiger partial charge >= 0.3 is 0 Å². The molecule has 18 heavy (non-hydrogen) atoms. The van der Waals surface area contributed by atoms with E-state index in [1.165, 1.54) is 0 Å². The van der Waals surface area contributed by atoms with E-state index in [9.17, 15) is 0 Å². The third-order valence-corrected chi connectivity index (χ3v) is 3.10. The number of rotatable bonds is 7. The maximum atomic E-state index is 6.07. The van der Waals surface area contributed by atoms with Gasteiger partial charge in [-0.2, -0.15) is 0 Å². The predicted octanol–water partition coefficient (Wildman–Crippen LogP) is 3.25. The first-order valence-electron chi connectivity index (χ1n) is 6.18. The summed E-state index contributed by atoms with van der Waals surface area (Å²) < 4.78 is 10.7. The summed E-state index contributed by atoms with van der Waals surface area (Å²) in [7, 11) is 1.71. The van der Waals surface area contributed by atoms with E-state index in [1.807, 2.05) is 18.2 Å². The minimum Gasteiger partial charge on any atom is -0.460 e. The normalized spacial score (nSPS) is 11.2. The van der Waals surface area contributed by atoms with Crippen LogP contribution in [0.15, 0.2) is 28.7 Å². The molecule has 2 aromatic rings. The quantitative estimate of drug-likeness (QED) is 0.782. The van der Waals surface area contributed by atoms with Crippen molar-refractivity contribution in [1.29, 1.82) is 0 Å². The highest BCUT2D eigenvalue weighted by molar-refractivity contribution is 6.34. The van der Waals surface area contributed by atoms with Crippen LogP contribution in [-0.4, -0.2) is 26.8 Å². The van der Waals surface area contributed by atoms with Gasteiger partial charge in [0, 0.05) is 25.5 Å². The second-order valence-electron chi connectivity index (χ2n) is 4.22. The standard InChI is InChI=1S/C14H18ClNO2/c1-17-9-8-16-7-3-5-12-10-11-4-2-6-13(15)14(11)18-12/h2,4,6,10,16H,3,5,7-9H2,1H3. The van der Waals surface area contributed by atoms with Gasteiger partial charge < -0.3 is 14.5 Å². The van der Waals surface area contributed by atoms with Gasteiger partial charge in [0.1, 0.15) is 5.76 Å². The largest absolute Gasteiger partial charge is 0.460 e. The Bertz CT molecular complexity index is 495. The number of benzene rings is 1. The van der Waals surface area contributed by atoms with E-state index >= 15 is 0 Å². The van der Waals surface area contributed by atoms with E-state index in [4.69, 9.17) is 20.8 Å². The van der Waals surface area contributed by atoms with Crippen molar-refractivity contribution in [3.63, 3.8) is 0 Å². The molecule has 3 nitrogen and oxygen atoms in total. The summed E-state index contributed by atoms with van der Waals surface area (Å²) in [5.41, 5.74) is 0.793. The number of fused-ring (bicyclic) bond motifs is 1. The first kappa shape index (κ1) is 13.4. The zero-order valence-corrected chi connectivity index (χ0v) is 11.3. The van der Waals surface area contributed by atoms with Crippen molar-refractivity contribution in [3.05, 3.63) is 35.0 Å². The van der Waals surface area contributed by atoms with E-state index < -0.39 is 0 Å². The molecule has 1 aromatic carbocycles. The molecule has 2 rings (SSSR count). The minimum absolute atomic E-state index is 0.678. The predicted molar refractivity (Wildman–Crippen MR) is 74.3 cm³/mol. The molecular weight excluding hydrogens is 250 g/mol. The lowest BCUT2D eigenvalue weighted by Gasteiger charge is -2.02. The van der Waals surface area contributed by atoms with Crippen LogP contribution in [0.3, 0.4) is 0 Å². The lowest BCUT2D eigenvalue weighted by Crippen LogP contribution is -2.20. The van der Waals surface area contributed by atoms with Gasteiger partial charge in [0.2, 0.25) is 0 Å². The Balaban J connectivity index is 1.83. The van der Waals surface area contributed by atoms with E-state index in [0.717, 1.165) is 49.3 Å². The summed E-state index contributed by atoms with van der Waals surface area (Å²) >= 11 is 6.07. The smallest absolute Gasteiger partial charge is 0.152 e. The number of hydrogen-bond donors (Lipinski definition) is 1. The van der Waals surface area contributed by atoms with E-state index in [-0.39, 0.29) is 0 Å². The third-order valence-electron chi connectivity index (χ3n) is 2.81. The van der Waals surface area contributed by atoms with Gasteiger partial charge in [-0.3, -0.25) is 0 Å². The van der Waals surface area contributed by atoms with E-state index in [2.05, 4.69) is 11.4 Å². The molecule has 0 atom stereocenters. The fraction of sp³-hybridized carbons (Fsp3) is 0.429. The molecule has 0 aliphatic carbocycles. The maximum Gasteiger partial charge on any atom is 0.152 e. The topological polar surface area (TPSA) is 34.4 Å². The Morgan fingerprint density at radius 3 is 3.00 bits per heavy atom. The maximum absolute atomic E-state index is 6.07. The Labute approximate surface area is 112 Å².